The van der Waals surface area contributed by atoms with Gasteiger partial charge in [0.05, 0.1) is 23.4 Å². The van der Waals surface area contributed by atoms with Crippen LogP contribution in [0.3, 0.4) is 0 Å². The number of piperazine rings is 1. The Hall–Kier alpha value is -4.25. The first kappa shape index (κ1) is 40.9. The van der Waals surface area contributed by atoms with Gasteiger partial charge in [-0.05, 0) is 99.1 Å². The number of allylic oxidation sites excluding steroid dienone is 8. The highest BCUT2D eigenvalue weighted by Gasteiger charge is 2.41. The molecule has 1 atom stereocenters. The number of hydrogen-bond acceptors (Lipinski definition) is 9. The molecular formula is C43H53ClN4O5S. The SMILES string of the molecule is CC/C=C\C/C=C\C/C=C\C/C=C\CCCCC(=O)OC(C(=O)OCC)N1C(=O)Cc2cc(CCN3CCN(c4nsc5ccccc45)CC3)c(Cl)cc21. The topological polar surface area (TPSA) is 92.3 Å². The summed E-state index contributed by atoms with van der Waals surface area (Å²) < 4.78 is 16.8. The summed E-state index contributed by atoms with van der Waals surface area (Å²) in [6.45, 7) is 8.35. The molecule has 5 rings (SSSR count). The van der Waals surface area contributed by atoms with Crippen molar-refractivity contribution >= 4 is 62.6 Å². The third-order valence-electron chi connectivity index (χ3n) is 9.53. The summed E-state index contributed by atoms with van der Waals surface area (Å²) in [5, 5.41) is 1.71. The van der Waals surface area contributed by atoms with E-state index in [4.69, 9.17) is 25.4 Å². The minimum Gasteiger partial charge on any atom is -0.462 e. The summed E-state index contributed by atoms with van der Waals surface area (Å²) in [6.07, 6.45) is 22.8. The van der Waals surface area contributed by atoms with Gasteiger partial charge in [-0.2, -0.15) is 4.37 Å². The van der Waals surface area contributed by atoms with Crippen molar-refractivity contribution in [2.24, 2.45) is 0 Å². The van der Waals surface area contributed by atoms with E-state index in [0.717, 1.165) is 94.6 Å². The third kappa shape index (κ3) is 11.6. The lowest BCUT2D eigenvalue weighted by molar-refractivity contribution is -0.168. The number of unbranched alkanes of at least 4 members (excludes halogenated alkanes) is 2. The highest BCUT2D eigenvalue weighted by molar-refractivity contribution is 7.13. The van der Waals surface area contributed by atoms with Gasteiger partial charge < -0.3 is 14.4 Å². The molecule has 2 aromatic carbocycles. The van der Waals surface area contributed by atoms with Crippen molar-refractivity contribution in [2.45, 2.75) is 84.3 Å². The van der Waals surface area contributed by atoms with Crippen LogP contribution in [-0.2, 0) is 36.7 Å². The number of fused-ring (bicyclic) bond motifs is 2. The molecule has 0 spiro atoms. The van der Waals surface area contributed by atoms with Crippen molar-refractivity contribution in [2.75, 3.05) is 49.1 Å². The van der Waals surface area contributed by atoms with Crippen molar-refractivity contribution in [3.8, 4) is 0 Å². The molecule has 0 N–H and O–H groups in total. The maximum Gasteiger partial charge on any atom is 0.369 e. The van der Waals surface area contributed by atoms with Crippen LogP contribution in [-0.4, -0.2) is 72.7 Å². The summed E-state index contributed by atoms with van der Waals surface area (Å²) in [7, 11) is 0. The smallest absolute Gasteiger partial charge is 0.369 e. The highest BCUT2D eigenvalue weighted by Crippen LogP contribution is 2.36. The van der Waals surface area contributed by atoms with Crippen molar-refractivity contribution in [3.05, 3.63) is 101 Å². The predicted molar refractivity (Wildman–Crippen MR) is 220 cm³/mol. The molecule has 3 aromatic rings. The average molecular weight is 773 g/mol. The largest absolute Gasteiger partial charge is 0.462 e. The lowest BCUT2D eigenvalue weighted by atomic mass is 10.1. The Bertz CT molecular complexity index is 1830. The number of amides is 1. The molecule has 1 unspecified atom stereocenters. The number of carbonyl (C=O) groups excluding carboxylic acids is 3. The molecule has 1 saturated heterocycles. The fourth-order valence-corrected chi connectivity index (χ4v) is 7.70. The van der Waals surface area contributed by atoms with Gasteiger partial charge in [0.25, 0.3) is 6.23 Å². The first-order chi connectivity index (χ1) is 26.4. The van der Waals surface area contributed by atoms with Gasteiger partial charge in [0.2, 0.25) is 5.91 Å². The van der Waals surface area contributed by atoms with Crippen LogP contribution in [0.4, 0.5) is 11.5 Å². The van der Waals surface area contributed by atoms with Gasteiger partial charge >= 0.3 is 11.9 Å². The van der Waals surface area contributed by atoms with Crippen LogP contribution in [0, 0.1) is 0 Å². The number of halogens is 1. The zero-order valence-electron chi connectivity index (χ0n) is 31.6. The van der Waals surface area contributed by atoms with E-state index in [1.807, 2.05) is 12.1 Å². The van der Waals surface area contributed by atoms with E-state index in [0.29, 0.717) is 17.1 Å². The van der Waals surface area contributed by atoms with Gasteiger partial charge in [-0.1, -0.05) is 85.3 Å². The van der Waals surface area contributed by atoms with Crippen LogP contribution in [0.1, 0.15) is 76.3 Å². The van der Waals surface area contributed by atoms with E-state index in [9.17, 15) is 14.4 Å². The molecule has 2 aliphatic rings. The summed E-state index contributed by atoms with van der Waals surface area (Å²) in [4.78, 5) is 45.4. The van der Waals surface area contributed by atoms with E-state index in [2.05, 4.69) is 83.5 Å². The van der Waals surface area contributed by atoms with Gasteiger partial charge in [0.1, 0.15) is 5.82 Å². The molecule has 2 aliphatic heterocycles. The fraction of sp³-hybridized carbons (Fsp3) is 0.442. The number of aromatic nitrogens is 1. The first-order valence-corrected chi connectivity index (χ1v) is 20.5. The zero-order valence-corrected chi connectivity index (χ0v) is 33.2. The number of nitrogens with zero attached hydrogens (tertiary/aromatic N) is 4. The Kier molecular flexibility index (Phi) is 16.4. The van der Waals surface area contributed by atoms with Crippen LogP contribution >= 0.6 is 23.1 Å². The quantitative estimate of drug-likeness (QED) is 0.0639. The molecule has 1 aromatic heterocycles. The van der Waals surface area contributed by atoms with E-state index in [-0.39, 0.29) is 25.4 Å². The molecule has 288 valence electrons. The molecule has 54 heavy (non-hydrogen) atoms. The Labute approximate surface area is 329 Å². The lowest BCUT2D eigenvalue weighted by Crippen LogP contribution is -2.47. The number of benzene rings is 2. The molecule has 0 saturated carbocycles. The second-order valence-corrected chi connectivity index (χ2v) is 14.6. The van der Waals surface area contributed by atoms with Crippen LogP contribution < -0.4 is 9.80 Å². The van der Waals surface area contributed by atoms with Crippen LogP contribution in [0.2, 0.25) is 5.02 Å². The van der Waals surface area contributed by atoms with Crippen LogP contribution in [0.5, 0.6) is 0 Å². The molecule has 9 nitrogen and oxygen atoms in total. The Balaban J connectivity index is 1.08. The van der Waals surface area contributed by atoms with Crippen LogP contribution in [0.25, 0.3) is 10.1 Å². The Morgan fingerprint density at radius 3 is 2.35 bits per heavy atom. The maximum atomic E-state index is 13.4. The van der Waals surface area contributed by atoms with Gasteiger partial charge in [-0.25, -0.2) is 4.79 Å². The standard InChI is InChI=1S/C43H53ClN4O5S/c1-3-5-6-7-8-9-10-11-12-13-14-15-16-17-18-23-40(50)53-42(43(51)52-4-2)48-37-32-36(44)33(30-34(37)31-39(48)49)24-25-46-26-28-47(29-27-46)41-35-21-19-20-22-38(35)54-45-41/h5-6,8-9,11-12,14-15,19-22,30,32,42H,3-4,7,10,13,16-18,23-29,31H2,1-2H3/b6-5-,9-8-,12-11-,15-14-. The number of esters is 2. The second kappa shape index (κ2) is 21.6. The highest BCUT2D eigenvalue weighted by atomic mass is 35.5. The van der Waals surface area contributed by atoms with Crippen molar-refractivity contribution < 1.29 is 23.9 Å². The van der Waals surface area contributed by atoms with Crippen molar-refractivity contribution in [1.82, 2.24) is 9.27 Å². The Morgan fingerprint density at radius 2 is 1.63 bits per heavy atom. The molecular weight excluding hydrogens is 720 g/mol. The minimum absolute atomic E-state index is 0.0854. The number of hydrogen-bond donors (Lipinski definition) is 0. The van der Waals surface area contributed by atoms with Crippen LogP contribution in [0.15, 0.2) is 85.0 Å². The van der Waals surface area contributed by atoms with Gasteiger partial charge in [-0.3, -0.25) is 19.4 Å². The normalized spacial score (nSPS) is 15.8. The second-order valence-electron chi connectivity index (χ2n) is 13.4. The fourth-order valence-electron chi connectivity index (χ4n) is 6.65. The Morgan fingerprint density at radius 1 is 0.926 bits per heavy atom. The molecule has 1 amide bonds. The molecule has 11 heteroatoms. The molecule has 0 radical (unpaired) electrons. The molecule has 1 fully saturated rings. The summed E-state index contributed by atoms with van der Waals surface area (Å²) >= 11 is 8.35. The number of ether oxygens (including phenoxy) is 2. The predicted octanol–water partition coefficient (Wildman–Crippen LogP) is 9.00. The average Bonchev–Trinajstić information content (AvgIpc) is 3.74. The molecule has 3 heterocycles. The van der Waals surface area contributed by atoms with E-state index >= 15 is 0 Å². The summed E-state index contributed by atoms with van der Waals surface area (Å²) in [5.74, 6) is -0.605. The summed E-state index contributed by atoms with van der Waals surface area (Å²) in [5.41, 5.74) is 2.17. The van der Waals surface area contributed by atoms with Gasteiger partial charge in [0.15, 0.2) is 0 Å². The summed E-state index contributed by atoms with van der Waals surface area (Å²) in [6, 6.07) is 12.0. The number of anilines is 2. The van der Waals surface area contributed by atoms with Crippen molar-refractivity contribution in [1.29, 1.82) is 0 Å². The molecule has 0 aliphatic carbocycles. The minimum atomic E-state index is -1.51. The lowest BCUT2D eigenvalue weighted by Gasteiger charge is -2.35. The zero-order chi connectivity index (χ0) is 38.1. The number of carbonyl (C=O) groups is 3. The van der Waals surface area contributed by atoms with E-state index < -0.39 is 18.2 Å². The molecule has 0 bridgehead atoms. The third-order valence-corrected chi connectivity index (χ3v) is 10.7. The first-order valence-electron chi connectivity index (χ1n) is 19.3. The maximum absolute atomic E-state index is 13.4. The van der Waals surface area contributed by atoms with E-state index in [1.165, 1.54) is 15.0 Å². The van der Waals surface area contributed by atoms with Gasteiger partial charge in [-0.15, -0.1) is 0 Å². The number of rotatable bonds is 20. The van der Waals surface area contributed by atoms with E-state index in [1.54, 1.807) is 24.5 Å². The van der Waals surface area contributed by atoms with Crippen molar-refractivity contribution in [3.63, 3.8) is 0 Å². The monoisotopic (exact) mass is 772 g/mol. The van der Waals surface area contributed by atoms with Gasteiger partial charge in [0, 0.05) is 49.6 Å².